The largest absolute Gasteiger partial charge is 0.325 e. The van der Waals surface area contributed by atoms with E-state index in [9.17, 15) is 23.6 Å². The lowest BCUT2D eigenvalue weighted by Crippen LogP contribution is -2.33. The Hall–Kier alpha value is -4.09. The first-order valence-corrected chi connectivity index (χ1v) is 13.4. The number of rotatable bonds is 5. The number of thiazole rings is 1. The number of nitrogens with one attached hydrogen (secondary N) is 1. The molecule has 38 heavy (non-hydrogen) atoms. The van der Waals surface area contributed by atoms with Gasteiger partial charge >= 0.3 is 4.87 Å². The molecule has 2 aromatic heterocycles. The lowest BCUT2D eigenvalue weighted by molar-refractivity contribution is -0.122. The zero-order valence-electron chi connectivity index (χ0n) is 19.6. The van der Waals surface area contributed by atoms with Crippen LogP contribution in [0.1, 0.15) is 16.4 Å². The summed E-state index contributed by atoms with van der Waals surface area (Å²) >= 11 is 2.11. The van der Waals surface area contributed by atoms with E-state index in [1.807, 2.05) is 12.1 Å². The summed E-state index contributed by atoms with van der Waals surface area (Å²) in [4.78, 5) is 59.0. The van der Waals surface area contributed by atoms with Gasteiger partial charge in [0.25, 0.3) is 0 Å². The number of hydrogen-bond acceptors (Lipinski definition) is 7. The second-order valence-electron chi connectivity index (χ2n) is 8.85. The minimum Gasteiger partial charge on any atom is -0.325 e. The van der Waals surface area contributed by atoms with Crippen LogP contribution in [0.3, 0.4) is 0 Å². The number of halogens is 1. The number of hydrogen-bond donors (Lipinski definition) is 1. The predicted octanol–water partition coefficient (Wildman–Crippen LogP) is 3.88. The number of carbonyl (C=O) groups is 3. The molecule has 4 heterocycles. The van der Waals surface area contributed by atoms with Crippen molar-refractivity contribution >= 4 is 52.2 Å². The minimum atomic E-state index is -0.777. The standard InChI is InChI=1S/C27H19FN4O4S2/c28-16-8-10-17(11-9-16)30-19(33)14-31-26-23(38-27(31)36)20(15-5-4-12-29-13-15)21-22(37-26)25(35)32(24(21)34)18-6-2-1-3-7-18/h1-13,20-22H,14H2,(H,30,33). The normalized spacial score (nSPS) is 20.2. The molecule has 8 nitrogen and oxygen atoms in total. The Balaban J connectivity index is 1.40. The Bertz CT molecular complexity index is 1610. The third kappa shape index (κ3) is 4.13. The van der Waals surface area contributed by atoms with Crippen LogP contribution in [0.5, 0.6) is 0 Å². The van der Waals surface area contributed by atoms with Gasteiger partial charge in [0.15, 0.2) is 0 Å². The zero-order chi connectivity index (χ0) is 26.4. The van der Waals surface area contributed by atoms with Crippen LogP contribution >= 0.6 is 23.1 Å². The van der Waals surface area contributed by atoms with Crippen LogP contribution in [0.15, 0.2) is 88.9 Å². The highest BCUT2D eigenvalue weighted by Crippen LogP contribution is 2.53. The average molecular weight is 547 g/mol. The molecular weight excluding hydrogens is 527 g/mol. The molecule has 3 atom stereocenters. The smallest absolute Gasteiger partial charge is 0.308 e. The molecule has 11 heteroatoms. The maximum absolute atomic E-state index is 13.7. The van der Waals surface area contributed by atoms with Crippen LogP contribution in [0.2, 0.25) is 0 Å². The van der Waals surface area contributed by atoms with E-state index in [-0.39, 0.29) is 23.2 Å². The summed E-state index contributed by atoms with van der Waals surface area (Å²) in [5, 5.41) is 2.38. The number of aromatic nitrogens is 2. The van der Waals surface area contributed by atoms with Gasteiger partial charge in [0, 0.05) is 28.9 Å². The third-order valence-corrected chi connectivity index (χ3v) is 9.14. The molecule has 2 aromatic carbocycles. The molecule has 4 aromatic rings. The van der Waals surface area contributed by atoms with Gasteiger partial charge in [-0.3, -0.25) is 28.7 Å². The topological polar surface area (TPSA) is 101 Å². The van der Waals surface area contributed by atoms with E-state index in [4.69, 9.17) is 0 Å². The van der Waals surface area contributed by atoms with Crippen molar-refractivity contribution in [3.63, 3.8) is 0 Å². The monoisotopic (exact) mass is 546 g/mol. The van der Waals surface area contributed by atoms with Crippen molar-refractivity contribution in [2.24, 2.45) is 5.92 Å². The number of carbonyl (C=O) groups excluding carboxylic acids is 3. The van der Waals surface area contributed by atoms with Gasteiger partial charge in [-0.25, -0.2) is 9.29 Å². The summed E-state index contributed by atoms with van der Waals surface area (Å²) < 4.78 is 14.6. The van der Waals surface area contributed by atoms with Crippen molar-refractivity contribution in [2.75, 3.05) is 10.2 Å². The van der Waals surface area contributed by atoms with E-state index in [1.165, 1.54) is 33.7 Å². The summed E-state index contributed by atoms with van der Waals surface area (Å²) in [6.07, 6.45) is 3.25. The zero-order valence-corrected chi connectivity index (χ0v) is 21.2. The average Bonchev–Trinajstić information content (AvgIpc) is 3.37. The molecule has 0 saturated carbocycles. The summed E-state index contributed by atoms with van der Waals surface area (Å²) in [6.45, 7) is -0.295. The molecule has 190 valence electrons. The molecule has 0 bridgehead atoms. The van der Waals surface area contributed by atoms with Crippen LogP contribution in [-0.2, 0) is 20.9 Å². The maximum Gasteiger partial charge on any atom is 0.308 e. The molecule has 0 radical (unpaired) electrons. The number of para-hydroxylation sites is 1. The molecule has 0 spiro atoms. The first kappa shape index (κ1) is 24.3. The fraction of sp³-hybridized carbons (Fsp3) is 0.148. The van der Waals surface area contributed by atoms with Crippen LogP contribution in [0.25, 0.3) is 0 Å². The SMILES string of the molecule is O=C(Cn1c2c(sc1=O)C(c1cccnc1)C1C(=O)N(c3ccccc3)C(=O)C1S2)Nc1ccc(F)cc1. The number of fused-ring (bicyclic) bond motifs is 2. The van der Waals surface area contributed by atoms with Crippen molar-refractivity contribution in [2.45, 2.75) is 22.7 Å². The van der Waals surface area contributed by atoms with E-state index >= 15 is 0 Å². The highest BCUT2D eigenvalue weighted by atomic mass is 32.2. The summed E-state index contributed by atoms with van der Waals surface area (Å²) in [5.74, 6) is -2.91. The number of nitrogens with zero attached hydrogens (tertiary/aromatic N) is 3. The fourth-order valence-corrected chi connectivity index (χ4v) is 7.66. The fourth-order valence-electron chi connectivity index (χ4n) is 4.88. The van der Waals surface area contributed by atoms with Gasteiger partial charge < -0.3 is 5.32 Å². The van der Waals surface area contributed by atoms with Gasteiger partial charge in [0.2, 0.25) is 17.7 Å². The quantitative estimate of drug-likeness (QED) is 0.382. The molecule has 3 amide bonds. The number of amides is 3. The van der Waals surface area contributed by atoms with E-state index in [0.717, 1.165) is 23.1 Å². The van der Waals surface area contributed by atoms with Crippen LogP contribution in [0.4, 0.5) is 15.8 Å². The van der Waals surface area contributed by atoms with Gasteiger partial charge in [0.1, 0.15) is 17.6 Å². The van der Waals surface area contributed by atoms with Crippen molar-refractivity contribution < 1.29 is 18.8 Å². The van der Waals surface area contributed by atoms with Crippen molar-refractivity contribution in [1.29, 1.82) is 0 Å². The Labute approximate surface area is 224 Å². The van der Waals surface area contributed by atoms with Crippen molar-refractivity contribution in [1.82, 2.24) is 9.55 Å². The maximum atomic E-state index is 13.7. The van der Waals surface area contributed by atoms with Gasteiger partial charge in [0.05, 0.1) is 16.6 Å². The Morgan fingerprint density at radius 3 is 2.45 bits per heavy atom. The predicted molar refractivity (Wildman–Crippen MR) is 142 cm³/mol. The summed E-state index contributed by atoms with van der Waals surface area (Å²) in [6, 6.07) is 17.6. The summed E-state index contributed by atoms with van der Waals surface area (Å²) in [7, 11) is 0. The highest BCUT2D eigenvalue weighted by molar-refractivity contribution is 8.00. The van der Waals surface area contributed by atoms with E-state index in [2.05, 4.69) is 10.3 Å². The van der Waals surface area contributed by atoms with Crippen molar-refractivity contribution in [3.05, 3.63) is 105 Å². The first-order chi connectivity index (χ1) is 18.4. The number of anilines is 2. The first-order valence-electron chi connectivity index (χ1n) is 11.7. The third-order valence-electron chi connectivity index (χ3n) is 6.54. The molecule has 1 N–H and O–H groups in total. The number of pyridine rings is 1. The van der Waals surface area contributed by atoms with E-state index in [1.54, 1.807) is 42.7 Å². The van der Waals surface area contributed by atoms with Gasteiger partial charge in [-0.15, -0.1) is 0 Å². The van der Waals surface area contributed by atoms with Gasteiger partial charge in [-0.1, -0.05) is 47.4 Å². The Morgan fingerprint density at radius 1 is 0.974 bits per heavy atom. The highest BCUT2D eigenvalue weighted by Gasteiger charge is 2.56. The van der Waals surface area contributed by atoms with E-state index < -0.39 is 28.8 Å². The molecule has 2 aliphatic rings. The number of benzene rings is 2. The van der Waals surface area contributed by atoms with Crippen molar-refractivity contribution in [3.8, 4) is 0 Å². The number of imide groups is 1. The second-order valence-corrected chi connectivity index (χ2v) is 11.0. The Morgan fingerprint density at radius 2 is 1.74 bits per heavy atom. The second kappa shape index (κ2) is 9.66. The molecular formula is C27H19FN4O4S2. The number of thioether (sulfide) groups is 1. The van der Waals surface area contributed by atoms with E-state index in [0.29, 0.717) is 26.8 Å². The Kier molecular flexibility index (Phi) is 6.16. The summed E-state index contributed by atoms with van der Waals surface area (Å²) in [5.41, 5.74) is 1.59. The van der Waals surface area contributed by atoms with Crippen LogP contribution < -0.4 is 15.1 Å². The van der Waals surface area contributed by atoms with Gasteiger partial charge in [-0.2, -0.15) is 0 Å². The molecule has 3 unspecified atom stereocenters. The lowest BCUT2D eigenvalue weighted by atomic mass is 9.84. The lowest BCUT2D eigenvalue weighted by Gasteiger charge is -2.30. The molecule has 6 rings (SSSR count). The molecule has 1 saturated heterocycles. The molecule has 2 aliphatic heterocycles. The van der Waals surface area contributed by atoms with Gasteiger partial charge in [-0.05, 0) is 48.0 Å². The minimum absolute atomic E-state index is 0.295. The van der Waals surface area contributed by atoms with Crippen LogP contribution in [-0.4, -0.2) is 32.5 Å². The molecule has 1 fully saturated rings. The van der Waals surface area contributed by atoms with Crippen LogP contribution in [0, 0.1) is 11.7 Å². The molecule has 0 aliphatic carbocycles.